The average Bonchev–Trinajstić information content (AvgIpc) is 2.40. The van der Waals surface area contributed by atoms with Crippen LogP contribution >= 0.6 is 0 Å². The van der Waals surface area contributed by atoms with E-state index in [-0.39, 0.29) is 6.61 Å². The Hall–Kier alpha value is -2.43. The maximum atomic E-state index is 11.2. The minimum absolute atomic E-state index is 0.246. The Morgan fingerprint density at radius 2 is 2.06 bits per heavy atom. The van der Waals surface area contributed by atoms with Gasteiger partial charge in [0.15, 0.2) is 0 Å². The molecule has 92 valence electrons. The molecule has 1 aromatic rings. The van der Waals surface area contributed by atoms with Gasteiger partial charge in [0.25, 0.3) is 0 Å². The molecule has 5 heteroatoms. The topological polar surface area (TPSA) is 63.0 Å². The first-order valence-electron chi connectivity index (χ1n) is 5.56. The van der Waals surface area contributed by atoms with Gasteiger partial charge in [-0.2, -0.15) is 0 Å². The van der Waals surface area contributed by atoms with E-state index in [2.05, 4.69) is 15.3 Å². The number of cyclic esters (lactones) is 1. The second-order valence-electron chi connectivity index (χ2n) is 3.55. The number of aliphatic imine (C=N–C) groups is 2. The van der Waals surface area contributed by atoms with Gasteiger partial charge in [-0.25, -0.2) is 4.79 Å². The minimum Gasteiger partial charge on any atom is -0.459 e. The number of nitrogens with zero attached hydrogens (tertiary/aromatic N) is 2. The first-order chi connectivity index (χ1) is 8.86. The molecule has 2 rings (SSSR count). The van der Waals surface area contributed by atoms with Crippen molar-refractivity contribution in [1.82, 2.24) is 5.32 Å². The first kappa shape index (κ1) is 12.0. The number of carbonyl (C=O) groups is 1. The SMILES string of the molecule is O=C1C=N/C=c2/cccc/c2=C/NC=NCCO1. The highest BCUT2D eigenvalue weighted by atomic mass is 16.5. The van der Waals surface area contributed by atoms with Crippen LogP contribution in [-0.4, -0.2) is 31.7 Å². The number of esters is 1. The van der Waals surface area contributed by atoms with E-state index < -0.39 is 5.97 Å². The Morgan fingerprint density at radius 3 is 2.94 bits per heavy atom. The maximum Gasteiger partial charge on any atom is 0.349 e. The fraction of sp³-hybridized carbons (Fsp3) is 0.154. The van der Waals surface area contributed by atoms with Crippen molar-refractivity contribution in [2.45, 2.75) is 0 Å². The van der Waals surface area contributed by atoms with Crippen molar-refractivity contribution in [1.29, 1.82) is 0 Å². The zero-order valence-electron chi connectivity index (χ0n) is 9.74. The van der Waals surface area contributed by atoms with E-state index in [1.165, 1.54) is 0 Å². The molecular formula is C13H13N3O2. The van der Waals surface area contributed by atoms with Crippen LogP contribution in [0.4, 0.5) is 0 Å². The summed E-state index contributed by atoms with van der Waals surface area (Å²) in [6.45, 7) is 0.668. The summed E-state index contributed by atoms with van der Waals surface area (Å²) in [5.41, 5.74) is 0. The van der Waals surface area contributed by atoms with Crippen LogP contribution in [0.15, 0.2) is 34.3 Å². The number of hydrogen-bond acceptors (Lipinski definition) is 5. The van der Waals surface area contributed by atoms with Crippen molar-refractivity contribution in [2.75, 3.05) is 13.2 Å². The molecule has 0 aromatic heterocycles. The normalized spacial score (nSPS) is 19.4. The molecular weight excluding hydrogens is 230 g/mol. The molecule has 0 amide bonds. The molecule has 5 nitrogen and oxygen atoms in total. The van der Waals surface area contributed by atoms with Gasteiger partial charge in [-0.3, -0.25) is 9.98 Å². The summed E-state index contributed by atoms with van der Waals surface area (Å²) in [5.74, 6) is -0.463. The number of nitrogens with one attached hydrogen (secondary N) is 1. The van der Waals surface area contributed by atoms with Crippen LogP contribution in [-0.2, 0) is 9.53 Å². The van der Waals surface area contributed by atoms with E-state index >= 15 is 0 Å². The van der Waals surface area contributed by atoms with Crippen LogP contribution in [0.1, 0.15) is 0 Å². The molecule has 0 bridgehead atoms. The fourth-order valence-electron chi connectivity index (χ4n) is 1.42. The van der Waals surface area contributed by atoms with Gasteiger partial charge >= 0.3 is 5.97 Å². The van der Waals surface area contributed by atoms with Gasteiger partial charge in [-0.15, -0.1) is 0 Å². The number of carbonyl (C=O) groups excluding carboxylic acids is 1. The van der Waals surface area contributed by atoms with Gasteiger partial charge in [-0.1, -0.05) is 24.3 Å². The highest BCUT2D eigenvalue weighted by Gasteiger charge is 1.95. The lowest BCUT2D eigenvalue weighted by atomic mass is 10.2. The Kier molecular flexibility index (Phi) is 4.24. The standard InChI is InChI=1S/C13H13N3O2/c17-13-9-15-7-11-3-1-2-4-12(11)8-16-10-14-5-6-18-13/h1-4,7-10H,5-6H2,(H,14,16)/b11-7-,12-8-,15-9?. The predicted molar refractivity (Wildman–Crippen MR) is 70.6 cm³/mol. The van der Waals surface area contributed by atoms with Gasteiger partial charge < -0.3 is 10.1 Å². The molecule has 0 spiro atoms. The fourth-order valence-corrected chi connectivity index (χ4v) is 1.42. The summed E-state index contributed by atoms with van der Waals surface area (Å²) in [6.07, 6.45) is 6.17. The molecule has 0 aliphatic carbocycles. The van der Waals surface area contributed by atoms with Crippen molar-refractivity contribution >= 4 is 30.9 Å². The number of benzene rings is 1. The zero-order valence-corrected chi connectivity index (χ0v) is 9.74. The monoisotopic (exact) mass is 243 g/mol. The quantitative estimate of drug-likeness (QED) is 0.619. The van der Waals surface area contributed by atoms with Crippen LogP contribution < -0.4 is 15.8 Å². The van der Waals surface area contributed by atoms with Crippen LogP contribution in [0, 0.1) is 0 Å². The summed E-state index contributed by atoms with van der Waals surface area (Å²) in [7, 11) is 0. The number of fused-ring (bicyclic) bond motifs is 1. The molecule has 0 atom stereocenters. The third-order valence-electron chi connectivity index (χ3n) is 2.26. The summed E-state index contributed by atoms with van der Waals surface area (Å²) < 4.78 is 4.88. The molecule has 0 saturated carbocycles. The van der Waals surface area contributed by atoms with Gasteiger partial charge in [0, 0.05) is 17.6 Å². The Morgan fingerprint density at radius 1 is 1.22 bits per heavy atom. The largest absolute Gasteiger partial charge is 0.459 e. The number of ether oxygens (including phenoxy) is 1. The van der Waals surface area contributed by atoms with Crippen molar-refractivity contribution in [2.24, 2.45) is 9.98 Å². The summed E-state index contributed by atoms with van der Waals surface area (Å²) in [6, 6.07) is 7.69. The van der Waals surface area contributed by atoms with Crippen molar-refractivity contribution in [3.8, 4) is 0 Å². The van der Waals surface area contributed by atoms with Gasteiger partial charge in [0.05, 0.1) is 12.9 Å². The summed E-state index contributed by atoms with van der Waals surface area (Å²) in [5, 5.41) is 4.83. The average molecular weight is 243 g/mol. The van der Waals surface area contributed by atoms with E-state index in [0.717, 1.165) is 16.7 Å². The van der Waals surface area contributed by atoms with E-state index in [9.17, 15) is 4.79 Å². The smallest absolute Gasteiger partial charge is 0.349 e. The van der Waals surface area contributed by atoms with Crippen LogP contribution in [0.2, 0.25) is 0 Å². The molecule has 1 aliphatic heterocycles. The molecule has 1 aromatic carbocycles. The maximum absolute atomic E-state index is 11.2. The number of rotatable bonds is 0. The Labute approximate surface area is 104 Å². The van der Waals surface area contributed by atoms with Gasteiger partial charge in [0.2, 0.25) is 0 Å². The third-order valence-corrected chi connectivity index (χ3v) is 2.26. The Bertz CT molecular complexity index is 590. The third kappa shape index (κ3) is 3.55. The molecule has 0 radical (unpaired) electrons. The second-order valence-corrected chi connectivity index (χ2v) is 3.55. The van der Waals surface area contributed by atoms with E-state index in [1.54, 1.807) is 12.5 Å². The predicted octanol–water partition coefficient (Wildman–Crippen LogP) is -0.592. The molecule has 18 heavy (non-hydrogen) atoms. The van der Waals surface area contributed by atoms with Crippen LogP contribution in [0.5, 0.6) is 0 Å². The van der Waals surface area contributed by atoms with E-state index in [1.807, 2.05) is 30.5 Å². The second kappa shape index (κ2) is 6.34. The highest BCUT2D eigenvalue weighted by molar-refractivity contribution is 6.23. The minimum atomic E-state index is -0.463. The molecule has 1 heterocycles. The van der Waals surface area contributed by atoms with Crippen molar-refractivity contribution in [3.63, 3.8) is 0 Å². The molecule has 0 unspecified atom stereocenters. The van der Waals surface area contributed by atoms with Crippen molar-refractivity contribution in [3.05, 3.63) is 34.7 Å². The highest BCUT2D eigenvalue weighted by Crippen LogP contribution is 1.79. The lowest BCUT2D eigenvalue weighted by Crippen LogP contribution is -2.26. The van der Waals surface area contributed by atoms with Gasteiger partial charge in [0.1, 0.15) is 12.8 Å². The first-order valence-corrected chi connectivity index (χ1v) is 5.56. The molecule has 0 saturated heterocycles. The zero-order chi connectivity index (χ0) is 12.6. The number of hydrogen-bond donors (Lipinski definition) is 1. The summed E-state index contributed by atoms with van der Waals surface area (Å²) >= 11 is 0. The lowest BCUT2D eigenvalue weighted by molar-refractivity contribution is -0.134. The van der Waals surface area contributed by atoms with E-state index in [0.29, 0.717) is 6.54 Å². The van der Waals surface area contributed by atoms with Gasteiger partial charge in [-0.05, 0) is 5.22 Å². The molecule has 1 N–H and O–H groups in total. The summed E-state index contributed by atoms with van der Waals surface area (Å²) in [4.78, 5) is 19.2. The van der Waals surface area contributed by atoms with Crippen molar-refractivity contribution < 1.29 is 9.53 Å². The Balaban J connectivity index is 2.40. The molecule has 1 aliphatic rings. The van der Waals surface area contributed by atoms with Crippen LogP contribution in [0.3, 0.4) is 0 Å². The van der Waals surface area contributed by atoms with E-state index in [4.69, 9.17) is 4.74 Å². The molecule has 0 fully saturated rings. The van der Waals surface area contributed by atoms with Crippen LogP contribution in [0.25, 0.3) is 12.4 Å². The lowest BCUT2D eigenvalue weighted by Gasteiger charge is -1.96.